The molecule has 1 aliphatic rings. The van der Waals surface area contributed by atoms with Gasteiger partial charge >= 0.3 is 0 Å². The van der Waals surface area contributed by atoms with Crippen molar-refractivity contribution in [2.45, 2.75) is 19.3 Å². The molecule has 3 nitrogen and oxygen atoms in total. The molecule has 2 aromatic rings. The van der Waals surface area contributed by atoms with Crippen LogP contribution in [0.1, 0.15) is 30.6 Å². The van der Waals surface area contributed by atoms with E-state index in [1.54, 1.807) is 18.2 Å². The SMILES string of the molecule is N#C/C(=C/c1ccc(N2CCCCC2)o1)c1cccc(F)c1. The van der Waals surface area contributed by atoms with E-state index in [0.717, 1.165) is 19.0 Å². The maximum absolute atomic E-state index is 13.3. The molecule has 1 aromatic carbocycles. The number of piperidine rings is 1. The number of allylic oxidation sites excluding steroid dienone is 1. The molecule has 0 amide bonds. The molecular formula is C18H17FN2O. The van der Waals surface area contributed by atoms with E-state index >= 15 is 0 Å². The van der Waals surface area contributed by atoms with E-state index in [0.29, 0.717) is 16.9 Å². The second-order valence-corrected chi connectivity index (χ2v) is 5.40. The first kappa shape index (κ1) is 14.4. The zero-order valence-electron chi connectivity index (χ0n) is 12.3. The van der Waals surface area contributed by atoms with Crippen LogP contribution in [0.5, 0.6) is 0 Å². The van der Waals surface area contributed by atoms with Crippen molar-refractivity contribution in [3.63, 3.8) is 0 Å². The monoisotopic (exact) mass is 296 g/mol. The van der Waals surface area contributed by atoms with Gasteiger partial charge in [-0.05, 0) is 49.1 Å². The number of halogens is 1. The molecule has 0 radical (unpaired) electrons. The van der Waals surface area contributed by atoms with Crippen molar-refractivity contribution in [2.24, 2.45) is 0 Å². The zero-order chi connectivity index (χ0) is 15.4. The van der Waals surface area contributed by atoms with E-state index in [2.05, 4.69) is 11.0 Å². The highest BCUT2D eigenvalue weighted by Crippen LogP contribution is 2.25. The van der Waals surface area contributed by atoms with Gasteiger partial charge in [-0.2, -0.15) is 5.26 Å². The minimum atomic E-state index is -0.355. The Morgan fingerprint density at radius 2 is 2.00 bits per heavy atom. The Labute approximate surface area is 129 Å². The van der Waals surface area contributed by atoms with Gasteiger partial charge in [-0.25, -0.2) is 4.39 Å². The third-order valence-electron chi connectivity index (χ3n) is 3.82. The number of rotatable bonds is 3. The molecule has 3 rings (SSSR count). The van der Waals surface area contributed by atoms with Crippen LogP contribution in [0.2, 0.25) is 0 Å². The molecule has 0 saturated carbocycles. The molecule has 1 saturated heterocycles. The van der Waals surface area contributed by atoms with Crippen LogP contribution in [0.3, 0.4) is 0 Å². The molecule has 1 fully saturated rings. The van der Waals surface area contributed by atoms with Gasteiger partial charge in [0, 0.05) is 19.2 Å². The fraction of sp³-hybridized carbons (Fsp3) is 0.278. The van der Waals surface area contributed by atoms with Crippen molar-refractivity contribution in [3.8, 4) is 6.07 Å². The van der Waals surface area contributed by atoms with Gasteiger partial charge in [0.25, 0.3) is 0 Å². The Kier molecular flexibility index (Phi) is 4.24. The number of hydrogen-bond donors (Lipinski definition) is 0. The maximum atomic E-state index is 13.3. The highest BCUT2D eigenvalue weighted by Gasteiger charge is 2.14. The molecule has 4 heteroatoms. The van der Waals surface area contributed by atoms with E-state index in [4.69, 9.17) is 4.42 Å². The van der Waals surface area contributed by atoms with Crippen LogP contribution in [-0.4, -0.2) is 13.1 Å². The lowest BCUT2D eigenvalue weighted by molar-refractivity contribution is 0.496. The molecule has 1 aromatic heterocycles. The summed E-state index contributed by atoms with van der Waals surface area (Å²) in [4.78, 5) is 2.22. The Morgan fingerprint density at radius 3 is 2.73 bits per heavy atom. The van der Waals surface area contributed by atoms with Crippen molar-refractivity contribution in [2.75, 3.05) is 18.0 Å². The van der Waals surface area contributed by atoms with Crippen LogP contribution in [0.25, 0.3) is 11.6 Å². The number of anilines is 1. The first-order chi connectivity index (χ1) is 10.8. The van der Waals surface area contributed by atoms with Gasteiger partial charge in [0.05, 0.1) is 11.6 Å². The van der Waals surface area contributed by atoms with Gasteiger partial charge in [0.1, 0.15) is 11.6 Å². The summed E-state index contributed by atoms with van der Waals surface area (Å²) in [6.45, 7) is 2.01. The quantitative estimate of drug-likeness (QED) is 0.784. The molecule has 0 atom stereocenters. The molecule has 0 N–H and O–H groups in total. The van der Waals surface area contributed by atoms with Crippen molar-refractivity contribution >= 4 is 17.5 Å². The van der Waals surface area contributed by atoms with Gasteiger partial charge < -0.3 is 9.32 Å². The maximum Gasteiger partial charge on any atom is 0.196 e. The largest absolute Gasteiger partial charge is 0.441 e. The highest BCUT2D eigenvalue weighted by atomic mass is 19.1. The summed E-state index contributed by atoms with van der Waals surface area (Å²) in [7, 11) is 0. The Hall–Kier alpha value is -2.54. The number of hydrogen-bond acceptors (Lipinski definition) is 3. The summed E-state index contributed by atoms with van der Waals surface area (Å²) in [5.74, 6) is 1.09. The topological polar surface area (TPSA) is 40.2 Å². The van der Waals surface area contributed by atoms with Crippen LogP contribution in [0.4, 0.5) is 10.3 Å². The Bertz CT molecular complexity index is 721. The van der Waals surface area contributed by atoms with Gasteiger partial charge in [-0.3, -0.25) is 0 Å². The smallest absolute Gasteiger partial charge is 0.196 e. The predicted octanol–water partition coefficient (Wildman–Crippen LogP) is 4.47. The van der Waals surface area contributed by atoms with Crippen molar-refractivity contribution in [3.05, 3.63) is 53.5 Å². The van der Waals surface area contributed by atoms with Gasteiger partial charge in [-0.1, -0.05) is 12.1 Å². The van der Waals surface area contributed by atoms with Crippen molar-refractivity contribution in [1.29, 1.82) is 5.26 Å². The van der Waals surface area contributed by atoms with Gasteiger partial charge in [0.15, 0.2) is 5.88 Å². The lowest BCUT2D eigenvalue weighted by Crippen LogP contribution is -2.28. The lowest BCUT2D eigenvalue weighted by Gasteiger charge is -2.25. The molecule has 2 heterocycles. The van der Waals surface area contributed by atoms with E-state index in [1.165, 1.54) is 31.4 Å². The van der Waals surface area contributed by atoms with E-state index in [1.807, 2.05) is 12.1 Å². The lowest BCUT2D eigenvalue weighted by atomic mass is 10.1. The molecule has 22 heavy (non-hydrogen) atoms. The molecule has 0 bridgehead atoms. The molecular weight excluding hydrogens is 279 g/mol. The first-order valence-electron chi connectivity index (χ1n) is 7.49. The number of furan rings is 1. The summed E-state index contributed by atoms with van der Waals surface area (Å²) < 4.78 is 19.1. The van der Waals surface area contributed by atoms with E-state index in [9.17, 15) is 9.65 Å². The van der Waals surface area contributed by atoms with Crippen LogP contribution < -0.4 is 4.90 Å². The summed E-state index contributed by atoms with van der Waals surface area (Å²) in [6, 6.07) is 11.9. The van der Waals surface area contributed by atoms with Crippen LogP contribution in [0.15, 0.2) is 40.8 Å². The highest BCUT2D eigenvalue weighted by molar-refractivity contribution is 5.88. The molecule has 112 valence electrons. The minimum Gasteiger partial charge on any atom is -0.441 e. The Balaban J connectivity index is 1.84. The van der Waals surface area contributed by atoms with E-state index in [-0.39, 0.29) is 5.82 Å². The Morgan fingerprint density at radius 1 is 1.18 bits per heavy atom. The van der Waals surface area contributed by atoms with Gasteiger partial charge in [-0.15, -0.1) is 0 Å². The number of nitrogens with zero attached hydrogens (tertiary/aromatic N) is 2. The minimum absolute atomic E-state index is 0.355. The molecule has 0 spiro atoms. The number of nitriles is 1. The molecule has 0 aliphatic carbocycles. The zero-order valence-corrected chi connectivity index (χ0v) is 12.3. The standard InChI is InChI=1S/C18H17FN2O/c19-16-6-4-5-14(11-16)15(13-20)12-17-7-8-18(22-17)21-9-2-1-3-10-21/h4-8,11-12H,1-3,9-10H2/b15-12-. The van der Waals surface area contributed by atoms with Crippen LogP contribution >= 0.6 is 0 Å². The summed E-state index contributed by atoms with van der Waals surface area (Å²) in [5, 5.41) is 9.29. The van der Waals surface area contributed by atoms with Crippen LogP contribution in [-0.2, 0) is 0 Å². The summed E-state index contributed by atoms with van der Waals surface area (Å²) in [5.41, 5.74) is 0.942. The van der Waals surface area contributed by atoms with Gasteiger partial charge in [0.2, 0.25) is 0 Å². The van der Waals surface area contributed by atoms with Crippen molar-refractivity contribution in [1.82, 2.24) is 0 Å². The summed E-state index contributed by atoms with van der Waals surface area (Å²) in [6.07, 6.45) is 5.28. The van der Waals surface area contributed by atoms with E-state index < -0.39 is 0 Å². The average Bonchev–Trinajstić information content (AvgIpc) is 3.02. The summed E-state index contributed by atoms with van der Waals surface area (Å²) >= 11 is 0. The normalized spacial score (nSPS) is 15.6. The second-order valence-electron chi connectivity index (χ2n) is 5.40. The second kappa shape index (κ2) is 6.48. The van der Waals surface area contributed by atoms with Crippen molar-refractivity contribution < 1.29 is 8.81 Å². The fourth-order valence-corrected chi connectivity index (χ4v) is 2.68. The molecule has 1 aliphatic heterocycles. The molecule has 0 unspecified atom stereocenters. The first-order valence-corrected chi connectivity index (χ1v) is 7.49. The average molecular weight is 296 g/mol. The number of benzene rings is 1. The van der Waals surface area contributed by atoms with Crippen LogP contribution in [0, 0.1) is 17.1 Å². The fourth-order valence-electron chi connectivity index (χ4n) is 2.68. The third kappa shape index (κ3) is 3.20. The predicted molar refractivity (Wildman–Crippen MR) is 84.7 cm³/mol. The third-order valence-corrected chi connectivity index (χ3v) is 3.82.